The number of imide groups is 1. The number of aromatic carboxylic acids is 1. The van der Waals surface area contributed by atoms with Crippen LogP contribution in [0.4, 0.5) is 5.69 Å². The van der Waals surface area contributed by atoms with Crippen molar-refractivity contribution in [2.75, 3.05) is 4.90 Å². The van der Waals surface area contributed by atoms with Gasteiger partial charge < -0.3 is 9.90 Å². The maximum Gasteiger partial charge on any atom is 0.265 e. The molecule has 5 heteroatoms. The second kappa shape index (κ2) is 5.03. The van der Waals surface area contributed by atoms with Gasteiger partial charge in [-0.15, -0.1) is 0 Å². The van der Waals surface area contributed by atoms with Crippen molar-refractivity contribution in [2.24, 2.45) is 0 Å². The number of benzene rings is 3. The summed E-state index contributed by atoms with van der Waals surface area (Å²) in [6, 6.07) is 16.1. The molecule has 0 bridgehead atoms. The quantitative estimate of drug-likeness (QED) is 0.678. The number of amides is 2. The van der Waals surface area contributed by atoms with E-state index in [0.717, 1.165) is 10.3 Å². The Morgan fingerprint density at radius 2 is 1.33 bits per heavy atom. The minimum atomic E-state index is -1.31. The summed E-state index contributed by atoms with van der Waals surface area (Å²) in [4.78, 5) is 37.5. The number of rotatable bonds is 2. The van der Waals surface area contributed by atoms with E-state index in [2.05, 4.69) is 0 Å². The zero-order valence-corrected chi connectivity index (χ0v) is 12.4. The van der Waals surface area contributed by atoms with E-state index >= 15 is 0 Å². The molecule has 0 N–H and O–H groups in total. The van der Waals surface area contributed by atoms with Crippen LogP contribution >= 0.6 is 0 Å². The van der Waals surface area contributed by atoms with E-state index in [-0.39, 0.29) is 5.56 Å². The first kappa shape index (κ1) is 14.1. The second-order valence-corrected chi connectivity index (χ2v) is 5.49. The molecule has 1 aliphatic heterocycles. The van der Waals surface area contributed by atoms with Crippen molar-refractivity contribution in [3.8, 4) is 0 Å². The first-order chi connectivity index (χ1) is 11.6. The zero-order chi connectivity index (χ0) is 16.8. The van der Waals surface area contributed by atoms with Crippen molar-refractivity contribution in [3.63, 3.8) is 0 Å². The molecule has 0 atom stereocenters. The Kier molecular flexibility index (Phi) is 2.96. The lowest BCUT2D eigenvalue weighted by molar-refractivity contribution is -0.255. The largest absolute Gasteiger partial charge is 0.545 e. The average molecular weight is 316 g/mol. The molecular formula is C19H10NO4-. The van der Waals surface area contributed by atoms with Crippen LogP contribution in [0.5, 0.6) is 0 Å². The smallest absolute Gasteiger partial charge is 0.265 e. The molecule has 0 spiro atoms. The van der Waals surface area contributed by atoms with Gasteiger partial charge in [0.05, 0.1) is 11.7 Å². The van der Waals surface area contributed by atoms with E-state index in [0.29, 0.717) is 22.2 Å². The zero-order valence-electron chi connectivity index (χ0n) is 12.4. The van der Waals surface area contributed by atoms with Crippen LogP contribution in [0.1, 0.15) is 31.1 Å². The van der Waals surface area contributed by atoms with Gasteiger partial charge in [0.1, 0.15) is 0 Å². The summed E-state index contributed by atoms with van der Waals surface area (Å²) >= 11 is 0. The van der Waals surface area contributed by atoms with Gasteiger partial charge in [0.2, 0.25) is 0 Å². The van der Waals surface area contributed by atoms with Crippen molar-refractivity contribution in [1.82, 2.24) is 0 Å². The monoisotopic (exact) mass is 316 g/mol. The SMILES string of the molecule is O=C([O-])c1ccc(N2C(=O)c3cccc4cccc(c34)C2=O)cc1. The first-order valence-electron chi connectivity index (χ1n) is 7.30. The lowest BCUT2D eigenvalue weighted by Crippen LogP contribution is -2.40. The highest BCUT2D eigenvalue weighted by atomic mass is 16.4. The first-order valence-corrected chi connectivity index (χ1v) is 7.30. The van der Waals surface area contributed by atoms with Crippen molar-refractivity contribution in [3.05, 3.63) is 77.4 Å². The van der Waals surface area contributed by atoms with E-state index in [1.54, 1.807) is 24.3 Å². The average Bonchev–Trinajstić information content (AvgIpc) is 2.60. The number of carboxylic acids is 1. The van der Waals surface area contributed by atoms with Crippen molar-refractivity contribution in [1.29, 1.82) is 0 Å². The third-order valence-electron chi connectivity index (χ3n) is 4.13. The molecule has 116 valence electrons. The van der Waals surface area contributed by atoms with Gasteiger partial charge in [-0.25, -0.2) is 4.90 Å². The summed E-state index contributed by atoms with van der Waals surface area (Å²) in [5.74, 6) is -2.16. The summed E-state index contributed by atoms with van der Waals surface area (Å²) in [5.41, 5.74) is 1.21. The molecule has 0 fully saturated rings. The molecule has 0 unspecified atom stereocenters. The molecule has 2 amide bonds. The molecule has 3 aromatic carbocycles. The van der Waals surface area contributed by atoms with Gasteiger partial charge >= 0.3 is 0 Å². The Labute approximate surface area is 136 Å². The van der Waals surface area contributed by atoms with Gasteiger partial charge in [0.15, 0.2) is 0 Å². The fourth-order valence-electron chi connectivity index (χ4n) is 3.01. The Morgan fingerprint density at radius 1 is 0.792 bits per heavy atom. The van der Waals surface area contributed by atoms with Crippen molar-refractivity contribution in [2.45, 2.75) is 0 Å². The predicted octanol–water partition coefficient (Wildman–Crippen LogP) is 2.00. The maximum absolute atomic E-state index is 12.8. The van der Waals surface area contributed by atoms with Gasteiger partial charge in [0.25, 0.3) is 11.8 Å². The molecule has 0 aromatic heterocycles. The minimum Gasteiger partial charge on any atom is -0.545 e. The number of hydrogen-bond acceptors (Lipinski definition) is 4. The lowest BCUT2D eigenvalue weighted by Gasteiger charge is -2.27. The highest BCUT2D eigenvalue weighted by Crippen LogP contribution is 2.32. The number of carbonyl (C=O) groups is 3. The number of carboxylic acid groups (broad SMARTS) is 1. The molecule has 0 saturated carbocycles. The molecule has 1 aliphatic rings. The third kappa shape index (κ3) is 1.91. The van der Waals surface area contributed by atoms with E-state index in [9.17, 15) is 19.5 Å². The van der Waals surface area contributed by atoms with Crippen molar-refractivity contribution >= 4 is 34.2 Å². The van der Waals surface area contributed by atoms with Gasteiger partial charge in [0, 0.05) is 16.5 Å². The minimum absolute atomic E-state index is 0.0156. The Bertz CT molecular complexity index is 970. The Balaban J connectivity index is 1.89. The molecule has 3 aromatic rings. The second-order valence-electron chi connectivity index (χ2n) is 5.49. The molecule has 4 rings (SSSR count). The summed E-state index contributed by atoms with van der Waals surface area (Å²) in [6.07, 6.45) is 0. The van der Waals surface area contributed by atoms with Crippen LogP contribution in [0.25, 0.3) is 10.8 Å². The van der Waals surface area contributed by atoms with Crippen LogP contribution in [0.3, 0.4) is 0 Å². The topological polar surface area (TPSA) is 77.5 Å². The van der Waals surface area contributed by atoms with Crippen LogP contribution < -0.4 is 10.0 Å². The van der Waals surface area contributed by atoms with E-state index in [4.69, 9.17) is 0 Å². The molecule has 0 radical (unpaired) electrons. The maximum atomic E-state index is 12.8. The lowest BCUT2D eigenvalue weighted by atomic mass is 9.94. The van der Waals surface area contributed by atoms with Crippen LogP contribution in [0.2, 0.25) is 0 Å². The van der Waals surface area contributed by atoms with Gasteiger partial charge in [-0.2, -0.15) is 0 Å². The predicted molar refractivity (Wildman–Crippen MR) is 85.9 cm³/mol. The standard InChI is InChI=1S/C19H11NO4/c21-17-14-5-1-3-11-4-2-6-15(16(11)14)18(22)20(17)13-9-7-12(8-10-13)19(23)24/h1-10H,(H,23,24)/p-1. The Morgan fingerprint density at radius 3 is 1.83 bits per heavy atom. The van der Waals surface area contributed by atoms with Crippen LogP contribution in [-0.4, -0.2) is 17.8 Å². The molecule has 0 saturated heterocycles. The van der Waals surface area contributed by atoms with Crippen molar-refractivity contribution < 1.29 is 19.5 Å². The summed E-state index contributed by atoms with van der Waals surface area (Å²) in [6.45, 7) is 0. The van der Waals surface area contributed by atoms with Gasteiger partial charge in [-0.05, 0) is 35.2 Å². The van der Waals surface area contributed by atoms with Crippen LogP contribution in [0, 0.1) is 0 Å². The van der Waals surface area contributed by atoms with E-state index in [1.165, 1.54) is 24.3 Å². The molecule has 0 aliphatic carbocycles. The van der Waals surface area contributed by atoms with Crippen LogP contribution in [-0.2, 0) is 0 Å². The van der Waals surface area contributed by atoms with E-state index < -0.39 is 17.8 Å². The fraction of sp³-hybridized carbons (Fsp3) is 0. The fourth-order valence-corrected chi connectivity index (χ4v) is 3.01. The van der Waals surface area contributed by atoms with Gasteiger partial charge in [-0.3, -0.25) is 9.59 Å². The normalized spacial score (nSPS) is 13.4. The number of hydrogen-bond donors (Lipinski definition) is 0. The third-order valence-corrected chi connectivity index (χ3v) is 4.13. The number of anilines is 1. The summed E-state index contributed by atoms with van der Waals surface area (Å²) < 4.78 is 0. The van der Waals surface area contributed by atoms with E-state index in [1.807, 2.05) is 12.1 Å². The van der Waals surface area contributed by atoms with Crippen LogP contribution in [0.15, 0.2) is 60.7 Å². The van der Waals surface area contributed by atoms with Gasteiger partial charge in [-0.1, -0.05) is 36.4 Å². The number of nitrogens with zero attached hydrogens (tertiary/aromatic N) is 1. The molecule has 5 nitrogen and oxygen atoms in total. The molecular weight excluding hydrogens is 306 g/mol. The summed E-state index contributed by atoms with van der Waals surface area (Å²) in [5, 5.41) is 12.3. The molecule has 1 heterocycles. The summed E-state index contributed by atoms with van der Waals surface area (Å²) in [7, 11) is 0. The Hall–Kier alpha value is -3.47. The highest BCUT2D eigenvalue weighted by molar-refractivity contribution is 6.35. The highest BCUT2D eigenvalue weighted by Gasteiger charge is 2.33. The number of carbonyl (C=O) groups excluding carboxylic acids is 3. The molecule has 24 heavy (non-hydrogen) atoms.